The van der Waals surface area contributed by atoms with Gasteiger partial charge in [-0.3, -0.25) is 0 Å². The number of piperidine rings is 1. The summed E-state index contributed by atoms with van der Waals surface area (Å²) < 4.78 is 0. The van der Waals surface area contributed by atoms with Crippen molar-refractivity contribution in [2.45, 2.75) is 19.8 Å². The van der Waals surface area contributed by atoms with Crippen LogP contribution >= 0.6 is 12.2 Å². The molecule has 2 heterocycles. The molecule has 4 heteroatoms. The van der Waals surface area contributed by atoms with Crippen LogP contribution < -0.4 is 10.6 Å². The third-order valence-corrected chi connectivity index (χ3v) is 3.37. The first-order valence-corrected chi connectivity index (χ1v) is 6.08. The molecule has 0 atom stereocenters. The second-order valence-corrected chi connectivity index (χ2v) is 4.88. The van der Waals surface area contributed by atoms with E-state index in [0.717, 1.165) is 30.4 Å². The molecule has 0 saturated carbocycles. The summed E-state index contributed by atoms with van der Waals surface area (Å²) in [4.78, 5) is 7.13. The molecular weight excluding hydrogens is 218 g/mol. The van der Waals surface area contributed by atoms with Gasteiger partial charge in [0.15, 0.2) is 0 Å². The maximum Gasteiger partial charge on any atom is 0.129 e. The van der Waals surface area contributed by atoms with E-state index in [9.17, 15) is 0 Å². The van der Waals surface area contributed by atoms with Gasteiger partial charge in [0.2, 0.25) is 0 Å². The predicted octanol–water partition coefficient (Wildman–Crippen LogP) is 1.95. The summed E-state index contributed by atoms with van der Waals surface area (Å²) in [5.41, 5.74) is 6.52. The van der Waals surface area contributed by atoms with E-state index >= 15 is 0 Å². The number of nitrogens with zero attached hydrogens (tertiary/aromatic N) is 2. The van der Waals surface area contributed by atoms with Crippen LogP contribution in [-0.4, -0.2) is 23.1 Å². The number of thiocarbonyl (C=S) groups is 1. The minimum absolute atomic E-state index is 0.439. The van der Waals surface area contributed by atoms with Crippen molar-refractivity contribution in [3.05, 3.63) is 23.9 Å². The average molecular weight is 235 g/mol. The lowest BCUT2D eigenvalue weighted by molar-refractivity contribution is 0.436. The highest BCUT2D eigenvalue weighted by molar-refractivity contribution is 7.80. The summed E-state index contributed by atoms with van der Waals surface area (Å²) in [5, 5.41) is 0. The van der Waals surface area contributed by atoms with Crippen molar-refractivity contribution in [3.63, 3.8) is 0 Å². The van der Waals surface area contributed by atoms with Gasteiger partial charge in [0.25, 0.3) is 0 Å². The number of rotatable bonds is 2. The van der Waals surface area contributed by atoms with E-state index in [1.54, 1.807) is 6.20 Å². The minimum atomic E-state index is 0.439. The van der Waals surface area contributed by atoms with Crippen molar-refractivity contribution >= 4 is 23.0 Å². The Morgan fingerprint density at radius 3 is 2.81 bits per heavy atom. The lowest BCUT2D eigenvalue weighted by Gasteiger charge is -2.31. The zero-order valence-corrected chi connectivity index (χ0v) is 10.3. The first kappa shape index (κ1) is 11.3. The van der Waals surface area contributed by atoms with Crippen molar-refractivity contribution in [1.82, 2.24) is 4.98 Å². The van der Waals surface area contributed by atoms with Crippen LogP contribution in [-0.2, 0) is 0 Å². The van der Waals surface area contributed by atoms with Gasteiger partial charge < -0.3 is 10.6 Å². The molecule has 1 saturated heterocycles. The topological polar surface area (TPSA) is 42.1 Å². The van der Waals surface area contributed by atoms with Gasteiger partial charge >= 0.3 is 0 Å². The first-order chi connectivity index (χ1) is 7.66. The van der Waals surface area contributed by atoms with E-state index in [2.05, 4.69) is 16.8 Å². The fourth-order valence-electron chi connectivity index (χ4n) is 1.98. The van der Waals surface area contributed by atoms with Gasteiger partial charge in [0.1, 0.15) is 10.8 Å². The second-order valence-electron chi connectivity index (χ2n) is 4.44. The normalized spacial score (nSPS) is 17.4. The summed E-state index contributed by atoms with van der Waals surface area (Å²) >= 11 is 4.97. The molecule has 0 radical (unpaired) electrons. The van der Waals surface area contributed by atoms with E-state index in [-0.39, 0.29) is 0 Å². The van der Waals surface area contributed by atoms with Crippen LogP contribution in [0.2, 0.25) is 0 Å². The van der Waals surface area contributed by atoms with Gasteiger partial charge in [0.05, 0.1) is 0 Å². The molecule has 1 fully saturated rings. The number of pyridine rings is 1. The Balaban J connectivity index is 2.14. The van der Waals surface area contributed by atoms with Crippen LogP contribution in [0.5, 0.6) is 0 Å². The van der Waals surface area contributed by atoms with Gasteiger partial charge in [-0.2, -0.15) is 0 Å². The summed E-state index contributed by atoms with van der Waals surface area (Å²) in [6.07, 6.45) is 4.25. The molecule has 86 valence electrons. The second kappa shape index (κ2) is 4.78. The van der Waals surface area contributed by atoms with Crippen molar-refractivity contribution in [3.8, 4) is 0 Å². The zero-order valence-electron chi connectivity index (χ0n) is 9.52. The van der Waals surface area contributed by atoms with Crippen LogP contribution in [0.4, 0.5) is 5.82 Å². The SMILES string of the molecule is CC1CCN(c2cc(C(N)=S)ccn2)CC1. The smallest absolute Gasteiger partial charge is 0.129 e. The molecule has 0 spiro atoms. The van der Waals surface area contributed by atoms with Crippen LogP contribution in [0.3, 0.4) is 0 Å². The molecule has 0 aromatic carbocycles. The van der Waals surface area contributed by atoms with Crippen LogP contribution in [0, 0.1) is 5.92 Å². The molecule has 0 amide bonds. The largest absolute Gasteiger partial charge is 0.389 e. The fourth-order valence-corrected chi connectivity index (χ4v) is 2.11. The fraction of sp³-hybridized carbons (Fsp3) is 0.500. The number of anilines is 1. The molecule has 1 aromatic rings. The van der Waals surface area contributed by atoms with Gasteiger partial charge in [-0.25, -0.2) is 4.98 Å². The average Bonchev–Trinajstić information content (AvgIpc) is 2.30. The molecule has 1 aliphatic heterocycles. The van der Waals surface area contributed by atoms with Gasteiger partial charge in [0, 0.05) is 24.8 Å². The van der Waals surface area contributed by atoms with Crippen LogP contribution in [0.25, 0.3) is 0 Å². The Morgan fingerprint density at radius 1 is 1.50 bits per heavy atom. The monoisotopic (exact) mass is 235 g/mol. The highest BCUT2D eigenvalue weighted by Crippen LogP contribution is 2.21. The summed E-state index contributed by atoms with van der Waals surface area (Å²) in [7, 11) is 0. The van der Waals surface area contributed by atoms with Crippen molar-refractivity contribution < 1.29 is 0 Å². The molecular formula is C12H17N3S. The molecule has 0 unspecified atom stereocenters. The Kier molecular flexibility index (Phi) is 3.39. The van der Waals surface area contributed by atoms with E-state index in [0.29, 0.717) is 4.99 Å². The summed E-state index contributed by atoms with van der Waals surface area (Å²) in [6, 6.07) is 3.84. The van der Waals surface area contributed by atoms with Crippen molar-refractivity contribution in [2.24, 2.45) is 11.7 Å². The Bertz CT molecular complexity index is 384. The number of aromatic nitrogens is 1. The van der Waals surface area contributed by atoms with Crippen LogP contribution in [0.15, 0.2) is 18.3 Å². The van der Waals surface area contributed by atoms with Crippen LogP contribution in [0.1, 0.15) is 25.3 Å². The van der Waals surface area contributed by atoms with Gasteiger partial charge in [-0.15, -0.1) is 0 Å². The minimum Gasteiger partial charge on any atom is -0.389 e. The third-order valence-electron chi connectivity index (χ3n) is 3.14. The molecule has 2 rings (SSSR count). The van der Waals surface area contributed by atoms with E-state index in [1.807, 2.05) is 12.1 Å². The summed E-state index contributed by atoms with van der Waals surface area (Å²) in [6.45, 7) is 4.46. The molecule has 1 aliphatic rings. The quantitative estimate of drug-likeness (QED) is 0.796. The lowest BCUT2D eigenvalue weighted by atomic mass is 9.99. The Hall–Kier alpha value is -1.16. The number of nitrogens with two attached hydrogens (primary N) is 1. The molecule has 0 aliphatic carbocycles. The Morgan fingerprint density at radius 2 is 2.19 bits per heavy atom. The maximum absolute atomic E-state index is 5.62. The third kappa shape index (κ3) is 2.50. The molecule has 1 aromatic heterocycles. The van der Waals surface area contributed by atoms with Gasteiger partial charge in [-0.05, 0) is 30.9 Å². The zero-order chi connectivity index (χ0) is 11.5. The maximum atomic E-state index is 5.62. The molecule has 3 nitrogen and oxygen atoms in total. The Labute approximate surface area is 102 Å². The molecule has 0 bridgehead atoms. The first-order valence-electron chi connectivity index (χ1n) is 5.67. The molecule has 2 N–H and O–H groups in total. The van der Waals surface area contributed by atoms with Crippen molar-refractivity contribution in [2.75, 3.05) is 18.0 Å². The predicted molar refractivity (Wildman–Crippen MR) is 70.7 cm³/mol. The standard InChI is InChI=1S/C12H17N3S/c1-9-3-6-15(7-4-9)11-8-10(12(13)16)2-5-14-11/h2,5,8-9H,3-4,6-7H2,1H3,(H2,13,16). The number of hydrogen-bond donors (Lipinski definition) is 1. The highest BCUT2D eigenvalue weighted by atomic mass is 32.1. The van der Waals surface area contributed by atoms with Gasteiger partial charge in [-0.1, -0.05) is 19.1 Å². The van der Waals surface area contributed by atoms with E-state index in [4.69, 9.17) is 18.0 Å². The number of hydrogen-bond acceptors (Lipinski definition) is 3. The van der Waals surface area contributed by atoms with E-state index < -0.39 is 0 Å². The lowest BCUT2D eigenvalue weighted by Crippen LogP contribution is -2.33. The van der Waals surface area contributed by atoms with E-state index in [1.165, 1.54) is 12.8 Å². The van der Waals surface area contributed by atoms with Crippen molar-refractivity contribution in [1.29, 1.82) is 0 Å². The highest BCUT2D eigenvalue weighted by Gasteiger charge is 2.17. The summed E-state index contributed by atoms with van der Waals surface area (Å²) in [5.74, 6) is 1.83. The molecule has 16 heavy (non-hydrogen) atoms.